The van der Waals surface area contributed by atoms with Gasteiger partial charge in [0.05, 0.1) is 5.52 Å². The van der Waals surface area contributed by atoms with Gasteiger partial charge in [0.15, 0.2) is 0 Å². The summed E-state index contributed by atoms with van der Waals surface area (Å²) in [5, 5.41) is 5.73. The van der Waals surface area contributed by atoms with Crippen molar-refractivity contribution in [2.45, 2.75) is 43.9 Å². The quantitative estimate of drug-likeness (QED) is 0.871. The smallest absolute Gasteiger partial charge is 0.0705 e. The Hall–Kier alpha value is -1.06. The molecule has 1 aromatic heterocycles. The van der Waals surface area contributed by atoms with Gasteiger partial charge in [0.2, 0.25) is 0 Å². The number of para-hydroxylation sites is 1. The van der Waals surface area contributed by atoms with Gasteiger partial charge in [-0.25, -0.2) is 0 Å². The highest BCUT2D eigenvalue weighted by atomic mass is 32.2. The van der Waals surface area contributed by atoms with Gasteiger partial charge in [-0.1, -0.05) is 31.2 Å². The van der Waals surface area contributed by atoms with Crippen LogP contribution in [-0.2, 0) is 6.42 Å². The van der Waals surface area contributed by atoms with Crippen molar-refractivity contribution in [3.05, 3.63) is 42.1 Å². The minimum absolute atomic E-state index is 0.561. The lowest BCUT2D eigenvalue weighted by atomic mass is 10.0. The Balaban J connectivity index is 1.75. The first-order chi connectivity index (χ1) is 10.4. The van der Waals surface area contributed by atoms with E-state index in [1.165, 1.54) is 36.1 Å². The molecule has 2 nitrogen and oxygen atoms in total. The van der Waals surface area contributed by atoms with Gasteiger partial charge in [-0.3, -0.25) is 4.98 Å². The number of pyridine rings is 1. The Bertz CT molecular complexity index is 578. The van der Waals surface area contributed by atoms with Crippen molar-refractivity contribution in [2.24, 2.45) is 0 Å². The van der Waals surface area contributed by atoms with Crippen molar-refractivity contribution < 1.29 is 0 Å². The summed E-state index contributed by atoms with van der Waals surface area (Å²) in [6, 6.07) is 13.3. The number of hydrogen-bond acceptors (Lipinski definition) is 3. The van der Waals surface area contributed by atoms with E-state index in [1.807, 2.05) is 0 Å². The maximum absolute atomic E-state index is 4.85. The number of fused-ring (bicyclic) bond motifs is 1. The molecule has 0 aliphatic carbocycles. The Morgan fingerprint density at radius 1 is 1.29 bits per heavy atom. The standard InChI is InChI=1S/C18H24N2S/c1-2-11-19-17(18-8-5-12-21-18)13-15-10-9-14-6-3-4-7-16(14)20-15/h3-4,6-7,9-10,17-19H,2,5,8,11-13H2,1H3. The first-order valence-corrected chi connectivity index (χ1v) is 9.11. The van der Waals surface area contributed by atoms with E-state index >= 15 is 0 Å². The van der Waals surface area contributed by atoms with Gasteiger partial charge >= 0.3 is 0 Å². The van der Waals surface area contributed by atoms with Gasteiger partial charge < -0.3 is 5.32 Å². The number of aromatic nitrogens is 1. The van der Waals surface area contributed by atoms with Crippen LogP contribution in [0.4, 0.5) is 0 Å². The zero-order chi connectivity index (χ0) is 14.5. The van der Waals surface area contributed by atoms with Crippen LogP contribution in [0.25, 0.3) is 10.9 Å². The van der Waals surface area contributed by atoms with E-state index < -0.39 is 0 Å². The van der Waals surface area contributed by atoms with Crippen LogP contribution in [0.1, 0.15) is 31.9 Å². The van der Waals surface area contributed by atoms with Crippen molar-refractivity contribution >= 4 is 22.7 Å². The molecule has 3 heteroatoms. The van der Waals surface area contributed by atoms with Crippen molar-refractivity contribution in [2.75, 3.05) is 12.3 Å². The van der Waals surface area contributed by atoms with E-state index in [0.717, 1.165) is 23.7 Å². The molecule has 1 fully saturated rings. The minimum Gasteiger partial charge on any atom is -0.312 e. The van der Waals surface area contributed by atoms with E-state index in [-0.39, 0.29) is 0 Å². The fraction of sp³-hybridized carbons (Fsp3) is 0.500. The molecule has 1 saturated heterocycles. The molecule has 1 aliphatic heterocycles. The predicted molar refractivity (Wildman–Crippen MR) is 93.0 cm³/mol. The molecule has 0 amide bonds. The molecule has 0 saturated carbocycles. The van der Waals surface area contributed by atoms with Crippen LogP contribution in [0.5, 0.6) is 0 Å². The molecule has 112 valence electrons. The van der Waals surface area contributed by atoms with Crippen LogP contribution in [0.15, 0.2) is 36.4 Å². The molecule has 21 heavy (non-hydrogen) atoms. The summed E-state index contributed by atoms with van der Waals surface area (Å²) in [5.74, 6) is 1.32. The van der Waals surface area contributed by atoms with Gasteiger partial charge in [-0.15, -0.1) is 0 Å². The molecular formula is C18H24N2S. The fourth-order valence-corrected chi connectivity index (χ4v) is 4.43. The average molecular weight is 300 g/mol. The second-order valence-corrected chi connectivity index (χ2v) is 7.16. The van der Waals surface area contributed by atoms with Crippen molar-refractivity contribution in [3.8, 4) is 0 Å². The molecule has 2 atom stereocenters. The van der Waals surface area contributed by atoms with E-state index in [1.54, 1.807) is 0 Å². The molecule has 3 rings (SSSR count). The number of nitrogens with one attached hydrogen (secondary N) is 1. The summed E-state index contributed by atoms with van der Waals surface area (Å²) >= 11 is 2.13. The van der Waals surface area contributed by atoms with Crippen molar-refractivity contribution in [1.29, 1.82) is 0 Å². The van der Waals surface area contributed by atoms with Crippen LogP contribution in [0, 0.1) is 0 Å². The number of thioether (sulfide) groups is 1. The number of hydrogen-bond donors (Lipinski definition) is 1. The zero-order valence-corrected chi connectivity index (χ0v) is 13.5. The summed E-state index contributed by atoms with van der Waals surface area (Å²) in [6.07, 6.45) is 4.95. The molecule has 0 bridgehead atoms. The molecule has 0 spiro atoms. The highest BCUT2D eigenvalue weighted by Gasteiger charge is 2.25. The number of rotatable bonds is 6. The monoisotopic (exact) mass is 300 g/mol. The summed E-state index contributed by atoms with van der Waals surface area (Å²) in [5.41, 5.74) is 2.33. The Morgan fingerprint density at radius 3 is 3.00 bits per heavy atom. The number of nitrogens with zero attached hydrogens (tertiary/aromatic N) is 1. The highest BCUT2D eigenvalue weighted by molar-refractivity contribution is 8.00. The lowest BCUT2D eigenvalue weighted by Crippen LogP contribution is -2.39. The SMILES string of the molecule is CCCNC(Cc1ccc2ccccc2n1)C1CCCS1. The fourth-order valence-electron chi connectivity index (χ4n) is 3.03. The lowest BCUT2D eigenvalue weighted by Gasteiger charge is -2.24. The summed E-state index contributed by atoms with van der Waals surface area (Å²) in [6.45, 7) is 3.34. The van der Waals surface area contributed by atoms with Crippen LogP contribution in [0.2, 0.25) is 0 Å². The van der Waals surface area contributed by atoms with Gasteiger partial charge in [-0.2, -0.15) is 11.8 Å². The maximum Gasteiger partial charge on any atom is 0.0705 e. The molecular weight excluding hydrogens is 276 g/mol. The van der Waals surface area contributed by atoms with Crippen molar-refractivity contribution in [1.82, 2.24) is 10.3 Å². The summed E-state index contributed by atoms with van der Waals surface area (Å²) < 4.78 is 0. The van der Waals surface area contributed by atoms with Crippen molar-refractivity contribution in [3.63, 3.8) is 0 Å². The second-order valence-electron chi connectivity index (χ2n) is 5.81. The average Bonchev–Trinajstić information content (AvgIpc) is 3.05. The molecule has 2 heterocycles. The van der Waals surface area contributed by atoms with E-state index in [2.05, 4.69) is 60.4 Å². The maximum atomic E-state index is 4.85. The molecule has 2 unspecified atom stereocenters. The molecule has 1 aliphatic rings. The normalized spacial score (nSPS) is 20.0. The third-order valence-corrected chi connectivity index (χ3v) is 5.67. The topological polar surface area (TPSA) is 24.9 Å². The van der Waals surface area contributed by atoms with Gasteiger partial charge in [-0.05, 0) is 43.7 Å². The Labute approximate surface area is 131 Å². The third-order valence-electron chi connectivity index (χ3n) is 4.16. The molecule has 1 N–H and O–H groups in total. The lowest BCUT2D eigenvalue weighted by molar-refractivity contribution is 0.479. The second kappa shape index (κ2) is 7.28. The van der Waals surface area contributed by atoms with Crippen LogP contribution < -0.4 is 5.32 Å². The van der Waals surface area contributed by atoms with Crippen LogP contribution >= 0.6 is 11.8 Å². The summed E-state index contributed by atoms with van der Waals surface area (Å²) in [7, 11) is 0. The van der Waals surface area contributed by atoms with Gasteiger partial charge in [0, 0.05) is 28.8 Å². The van der Waals surface area contributed by atoms with Crippen LogP contribution in [-0.4, -0.2) is 28.6 Å². The highest BCUT2D eigenvalue weighted by Crippen LogP contribution is 2.30. The number of benzene rings is 1. The zero-order valence-electron chi connectivity index (χ0n) is 12.7. The van der Waals surface area contributed by atoms with E-state index in [4.69, 9.17) is 4.98 Å². The summed E-state index contributed by atoms with van der Waals surface area (Å²) in [4.78, 5) is 4.85. The Morgan fingerprint density at radius 2 is 2.19 bits per heavy atom. The van der Waals surface area contributed by atoms with Gasteiger partial charge in [0.1, 0.15) is 0 Å². The Kier molecular flexibility index (Phi) is 5.15. The largest absolute Gasteiger partial charge is 0.312 e. The van der Waals surface area contributed by atoms with E-state index in [0.29, 0.717) is 6.04 Å². The van der Waals surface area contributed by atoms with Crippen LogP contribution in [0.3, 0.4) is 0 Å². The first kappa shape index (κ1) is 14.9. The molecule has 1 aromatic carbocycles. The third kappa shape index (κ3) is 3.78. The first-order valence-electron chi connectivity index (χ1n) is 8.06. The molecule has 2 aromatic rings. The molecule has 0 radical (unpaired) electrons. The predicted octanol–water partition coefficient (Wildman–Crippen LogP) is 4.04. The van der Waals surface area contributed by atoms with Gasteiger partial charge in [0.25, 0.3) is 0 Å². The van der Waals surface area contributed by atoms with E-state index in [9.17, 15) is 0 Å². The minimum atomic E-state index is 0.561.